The van der Waals surface area contributed by atoms with Crippen LogP contribution in [-0.2, 0) is 16.3 Å². The van der Waals surface area contributed by atoms with Crippen molar-refractivity contribution in [3.05, 3.63) is 40.3 Å². The second-order valence-corrected chi connectivity index (χ2v) is 8.47. The summed E-state index contributed by atoms with van der Waals surface area (Å²) in [7, 11) is -1.29. The van der Waals surface area contributed by atoms with Crippen LogP contribution >= 0.6 is 11.3 Å². The number of hydrogen-bond acceptors (Lipinski definition) is 5. The van der Waals surface area contributed by atoms with E-state index in [2.05, 4.69) is 4.98 Å². The van der Waals surface area contributed by atoms with Crippen molar-refractivity contribution in [3.8, 4) is 0 Å². The Labute approximate surface area is 130 Å². The lowest BCUT2D eigenvalue weighted by atomic mass is 10.3. The molecule has 0 unspecified atom stereocenters. The molecule has 2 rings (SSSR count). The highest BCUT2D eigenvalue weighted by molar-refractivity contribution is 7.91. The van der Waals surface area contributed by atoms with Gasteiger partial charge in [0.05, 0.1) is 21.3 Å². The first kappa shape index (κ1) is 16.0. The lowest BCUT2D eigenvalue weighted by Crippen LogP contribution is -2.22. The third-order valence-electron chi connectivity index (χ3n) is 3.32. The highest BCUT2D eigenvalue weighted by Crippen LogP contribution is 2.25. The molecule has 1 heterocycles. The minimum atomic E-state index is -3.21. The Morgan fingerprint density at radius 3 is 2.62 bits per heavy atom. The lowest BCUT2D eigenvalue weighted by molar-refractivity contribution is 0.597. The first-order chi connectivity index (χ1) is 9.94. The van der Waals surface area contributed by atoms with Crippen LogP contribution in [0.5, 0.6) is 0 Å². The van der Waals surface area contributed by atoms with Crippen molar-refractivity contribution in [1.29, 1.82) is 0 Å². The molecular formula is C15H20N2O2S2. The van der Waals surface area contributed by atoms with Crippen LogP contribution in [0, 0.1) is 6.92 Å². The van der Waals surface area contributed by atoms with Gasteiger partial charge in [-0.05, 0) is 19.1 Å². The van der Waals surface area contributed by atoms with Crippen molar-refractivity contribution < 1.29 is 8.42 Å². The summed E-state index contributed by atoms with van der Waals surface area (Å²) in [5.41, 5.74) is 0.757. The van der Waals surface area contributed by atoms with Gasteiger partial charge in [-0.25, -0.2) is 13.4 Å². The summed E-state index contributed by atoms with van der Waals surface area (Å²) in [6.45, 7) is 4.45. The number of benzene rings is 1. The van der Waals surface area contributed by atoms with Gasteiger partial charge in [0.25, 0.3) is 0 Å². The molecule has 0 saturated heterocycles. The number of sulfone groups is 1. The van der Waals surface area contributed by atoms with Crippen LogP contribution in [0.15, 0.2) is 35.4 Å². The molecule has 0 spiro atoms. The molecule has 0 saturated carbocycles. The van der Waals surface area contributed by atoms with Gasteiger partial charge in [0, 0.05) is 31.1 Å². The molecule has 6 heteroatoms. The molecule has 0 aliphatic carbocycles. The molecule has 2 aromatic rings. The van der Waals surface area contributed by atoms with Crippen LogP contribution in [0.2, 0.25) is 0 Å². The summed E-state index contributed by atoms with van der Waals surface area (Å²) in [6.07, 6.45) is 2.69. The van der Waals surface area contributed by atoms with Crippen molar-refractivity contribution in [1.82, 2.24) is 4.98 Å². The van der Waals surface area contributed by atoms with Gasteiger partial charge in [-0.2, -0.15) is 0 Å². The SMILES string of the molecule is CCS(=O)(=O)c1ccccc1N(C)CCc1ncc(C)s1. The summed E-state index contributed by atoms with van der Waals surface area (Å²) < 4.78 is 24.3. The number of likely N-dealkylation sites (N-methyl/N-ethyl adjacent to an activating group) is 1. The summed E-state index contributed by atoms with van der Waals surface area (Å²) in [5, 5.41) is 1.08. The Kier molecular flexibility index (Phi) is 5.00. The molecule has 0 radical (unpaired) electrons. The predicted molar refractivity (Wildman–Crippen MR) is 88.0 cm³/mol. The smallest absolute Gasteiger partial charge is 0.180 e. The summed E-state index contributed by atoms with van der Waals surface area (Å²) in [5.74, 6) is 0.115. The largest absolute Gasteiger partial charge is 0.373 e. The Morgan fingerprint density at radius 1 is 1.29 bits per heavy atom. The zero-order valence-electron chi connectivity index (χ0n) is 12.5. The van der Waals surface area contributed by atoms with Crippen LogP contribution < -0.4 is 4.90 Å². The number of aromatic nitrogens is 1. The molecule has 0 amide bonds. The van der Waals surface area contributed by atoms with E-state index < -0.39 is 9.84 Å². The summed E-state index contributed by atoms with van der Waals surface area (Å²) >= 11 is 1.68. The van der Waals surface area contributed by atoms with Crippen LogP contribution in [0.25, 0.3) is 0 Å². The first-order valence-electron chi connectivity index (χ1n) is 6.88. The third-order valence-corrected chi connectivity index (χ3v) is 6.07. The molecule has 0 fully saturated rings. The molecule has 0 aliphatic rings. The molecule has 1 aromatic heterocycles. The van der Waals surface area contributed by atoms with Crippen molar-refractivity contribution in [2.24, 2.45) is 0 Å². The van der Waals surface area contributed by atoms with Crippen LogP contribution in [0.4, 0.5) is 5.69 Å². The molecular weight excluding hydrogens is 304 g/mol. The zero-order valence-corrected chi connectivity index (χ0v) is 14.2. The molecule has 4 nitrogen and oxygen atoms in total. The van der Waals surface area contributed by atoms with Gasteiger partial charge >= 0.3 is 0 Å². The Balaban J connectivity index is 2.18. The second-order valence-electron chi connectivity index (χ2n) is 4.91. The average Bonchev–Trinajstić information content (AvgIpc) is 2.90. The van der Waals surface area contributed by atoms with E-state index in [0.717, 1.165) is 23.7 Å². The minimum Gasteiger partial charge on any atom is -0.373 e. The molecule has 114 valence electrons. The average molecular weight is 324 g/mol. The van der Waals surface area contributed by atoms with Crippen molar-refractivity contribution >= 4 is 26.9 Å². The zero-order chi connectivity index (χ0) is 15.5. The second kappa shape index (κ2) is 6.58. The van der Waals surface area contributed by atoms with E-state index in [1.165, 1.54) is 4.88 Å². The fraction of sp³-hybridized carbons (Fsp3) is 0.400. The fourth-order valence-corrected chi connectivity index (χ4v) is 4.01. The maximum Gasteiger partial charge on any atom is 0.180 e. The third kappa shape index (κ3) is 3.83. The fourth-order valence-electron chi connectivity index (χ4n) is 2.09. The molecule has 1 aromatic carbocycles. The molecule has 0 atom stereocenters. The number of rotatable bonds is 6. The number of hydrogen-bond donors (Lipinski definition) is 0. The normalized spacial score (nSPS) is 11.6. The van der Waals surface area contributed by atoms with Gasteiger partial charge in [-0.1, -0.05) is 19.1 Å². The van der Waals surface area contributed by atoms with Gasteiger partial charge < -0.3 is 4.90 Å². The lowest BCUT2D eigenvalue weighted by Gasteiger charge is -2.21. The standard InChI is InChI=1S/C15H20N2O2S2/c1-4-21(18,19)14-8-6-5-7-13(14)17(3)10-9-15-16-11-12(2)20-15/h5-8,11H,4,9-10H2,1-3H3. The van der Waals surface area contributed by atoms with Crippen molar-refractivity contribution in [2.45, 2.75) is 25.2 Å². The van der Waals surface area contributed by atoms with E-state index in [9.17, 15) is 8.42 Å². The molecule has 0 aliphatic heterocycles. The van der Waals surface area contributed by atoms with Gasteiger partial charge in [-0.15, -0.1) is 11.3 Å². The number of thiazole rings is 1. The Bertz CT molecular complexity index is 708. The van der Waals surface area contributed by atoms with E-state index in [4.69, 9.17) is 0 Å². The Morgan fingerprint density at radius 2 is 2.00 bits per heavy atom. The Hall–Kier alpha value is -1.40. The maximum atomic E-state index is 12.2. The van der Waals surface area contributed by atoms with Gasteiger partial charge in [0.15, 0.2) is 9.84 Å². The highest BCUT2D eigenvalue weighted by Gasteiger charge is 2.18. The monoisotopic (exact) mass is 324 g/mol. The number of aryl methyl sites for hydroxylation is 1. The quantitative estimate of drug-likeness (QED) is 0.820. The van der Waals surface area contributed by atoms with Gasteiger partial charge in [-0.3, -0.25) is 0 Å². The van der Waals surface area contributed by atoms with E-state index >= 15 is 0 Å². The van der Waals surface area contributed by atoms with E-state index in [1.54, 1.807) is 30.4 Å². The van der Waals surface area contributed by atoms with Gasteiger partial charge in [0.1, 0.15) is 0 Å². The van der Waals surface area contributed by atoms with E-state index in [1.807, 2.05) is 37.2 Å². The molecule has 21 heavy (non-hydrogen) atoms. The molecule has 0 bridgehead atoms. The predicted octanol–water partition coefficient (Wildman–Crippen LogP) is 2.92. The van der Waals surface area contributed by atoms with Crippen molar-refractivity contribution in [2.75, 3.05) is 24.2 Å². The van der Waals surface area contributed by atoms with Crippen LogP contribution in [0.3, 0.4) is 0 Å². The minimum absolute atomic E-state index is 0.115. The van der Waals surface area contributed by atoms with Crippen LogP contribution in [0.1, 0.15) is 16.8 Å². The highest BCUT2D eigenvalue weighted by atomic mass is 32.2. The van der Waals surface area contributed by atoms with Crippen LogP contribution in [-0.4, -0.2) is 32.7 Å². The van der Waals surface area contributed by atoms with E-state index in [-0.39, 0.29) is 5.75 Å². The van der Waals surface area contributed by atoms with Gasteiger partial charge in [0.2, 0.25) is 0 Å². The topological polar surface area (TPSA) is 50.3 Å². The number of nitrogens with zero attached hydrogens (tertiary/aromatic N) is 2. The summed E-state index contributed by atoms with van der Waals surface area (Å²) in [4.78, 5) is 7.93. The maximum absolute atomic E-state index is 12.2. The van der Waals surface area contributed by atoms with Crippen molar-refractivity contribution in [3.63, 3.8) is 0 Å². The van der Waals surface area contributed by atoms with E-state index in [0.29, 0.717) is 4.90 Å². The number of para-hydroxylation sites is 1. The number of anilines is 1. The molecule has 0 N–H and O–H groups in total. The first-order valence-corrected chi connectivity index (χ1v) is 9.35. The summed E-state index contributed by atoms with van der Waals surface area (Å²) in [6, 6.07) is 7.17.